The van der Waals surface area contributed by atoms with Gasteiger partial charge in [0, 0.05) is 24.3 Å². The van der Waals surface area contributed by atoms with Gasteiger partial charge in [0.1, 0.15) is 17.3 Å². The molecule has 0 spiro atoms. The highest BCUT2D eigenvalue weighted by molar-refractivity contribution is 6.06. The highest BCUT2D eigenvalue weighted by Crippen LogP contribution is 2.32. The molecular formula is C19H24N4O. The lowest BCUT2D eigenvalue weighted by Gasteiger charge is -2.22. The van der Waals surface area contributed by atoms with E-state index in [0.29, 0.717) is 23.3 Å². The number of para-hydroxylation sites is 1. The van der Waals surface area contributed by atoms with Crippen LogP contribution in [0.15, 0.2) is 30.3 Å². The Morgan fingerprint density at radius 2 is 2.08 bits per heavy atom. The number of aromatic nitrogens is 2. The summed E-state index contributed by atoms with van der Waals surface area (Å²) in [4.78, 5) is 23.7. The maximum absolute atomic E-state index is 13.1. The summed E-state index contributed by atoms with van der Waals surface area (Å²) in [5.41, 5.74) is 2.64. The Labute approximate surface area is 143 Å². The minimum absolute atomic E-state index is 0.0643. The Morgan fingerprint density at radius 3 is 2.83 bits per heavy atom. The van der Waals surface area contributed by atoms with E-state index in [1.807, 2.05) is 30.0 Å². The molecule has 1 N–H and O–H groups in total. The van der Waals surface area contributed by atoms with Crippen LogP contribution in [0.1, 0.15) is 42.6 Å². The van der Waals surface area contributed by atoms with Gasteiger partial charge in [0.25, 0.3) is 5.91 Å². The summed E-state index contributed by atoms with van der Waals surface area (Å²) in [5, 5.41) is 3.28. The van der Waals surface area contributed by atoms with Gasteiger partial charge in [-0.15, -0.1) is 0 Å². The second kappa shape index (κ2) is 6.59. The van der Waals surface area contributed by atoms with Gasteiger partial charge in [-0.2, -0.15) is 0 Å². The Hall–Kier alpha value is -2.43. The van der Waals surface area contributed by atoms with Crippen LogP contribution < -0.4 is 10.2 Å². The predicted octanol–water partition coefficient (Wildman–Crippen LogP) is 3.44. The van der Waals surface area contributed by atoms with Crippen molar-refractivity contribution >= 4 is 17.4 Å². The Morgan fingerprint density at radius 1 is 1.33 bits per heavy atom. The van der Waals surface area contributed by atoms with Crippen molar-refractivity contribution in [3.8, 4) is 0 Å². The molecule has 3 rings (SSSR count). The van der Waals surface area contributed by atoms with Gasteiger partial charge in [0.2, 0.25) is 0 Å². The van der Waals surface area contributed by atoms with Gasteiger partial charge in [0.15, 0.2) is 0 Å². The van der Waals surface area contributed by atoms with Crippen molar-refractivity contribution in [3.05, 3.63) is 47.4 Å². The number of carbonyl (C=O) groups is 1. The number of amides is 1. The molecule has 0 saturated heterocycles. The first kappa shape index (κ1) is 16.4. The zero-order valence-corrected chi connectivity index (χ0v) is 14.7. The number of anilines is 2. The van der Waals surface area contributed by atoms with Crippen LogP contribution in [0.25, 0.3) is 0 Å². The van der Waals surface area contributed by atoms with E-state index >= 15 is 0 Å². The monoisotopic (exact) mass is 324 g/mol. The summed E-state index contributed by atoms with van der Waals surface area (Å²) >= 11 is 0. The van der Waals surface area contributed by atoms with Gasteiger partial charge >= 0.3 is 0 Å². The summed E-state index contributed by atoms with van der Waals surface area (Å²) in [5.74, 6) is 1.75. The first-order chi connectivity index (χ1) is 11.5. The van der Waals surface area contributed by atoms with Crippen molar-refractivity contribution in [2.45, 2.75) is 40.2 Å². The lowest BCUT2D eigenvalue weighted by atomic mass is 10.1. The van der Waals surface area contributed by atoms with Crippen molar-refractivity contribution in [1.82, 2.24) is 9.97 Å². The largest absolute Gasteiger partial charge is 0.370 e. The van der Waals surface area contributed by atoms with E-state index < -0.39 is 0 Å². The van der Waals surface area contributed by atoms with Gasteiger partial charge in [-0.1, -0.05) is 32.0 Å². The number of fused-ring (bicyclic) bond motifs is 1. The molecule has 0 aliphatic carbocycles. The minimum Gasteiger partial charge on any atom is -0.370 e. The smallest absolute Gasteiger partial charge is 0.277 e. The normalized spacial score (nSPS) is 16.4. The molecule has 1 atom stereocenters. The molecule has 1 aliphatic heterocycles. The molecule has 2 aromatic rings. The van der Waals surface area contributed by atoms with Gasteiger partial charge in [-0.05, 0) is 37.8 Å². The highest BCUT2D eigenvalue weighted by atomic mass is 16.2. The number of hydrogen-bond donors (Lipinski definition) is 1. The molecule has 2 heterocycles. The molecule has 1 aliphatic rings. The molecule has 1 aromatic heterocycles. The maximum Gasteiger partial charge on any atom is 0.277 e. The molecule has 5 heteroatoms. The van der Waals surface area contributed by atoms with E-state index in [4.69, 9.17) is 0 Å². The maximum atomic E-state index is 13.1. The van der Waals surface area contributed by atoms with Crippen LogP contribution >= 0.6 is 0 Å². The summed E-state index contributed by atoms with van der Waals surface area (Å²) < 4.78 is 0. The van der Waals surface area contributed by atoms with Crippen molar-refractivity contribution in [2.24, 2.45) is 5.92 Å². The van der Waals surface area contributed by atoms with E-state index in [2.05, 4.69) is 42.1 Å². The average Bonchev–Trinajstić information content (AvgIpc) is 2.87. The van der Waals surface area contributed by atoms with Crippen LogP contribution in [-0.2, 0) is 6.42 Å². The second-order valence-electron chi connectivity index (χ2n) is 6.82. The van der Waals surface area contributed by atoms with Gasteiger partial charge in [0.05, 0.1) is 0 Å². The Balaban J connectivity index is 1.90. The Bertz CT molecular complexity index is 757. The number of carbonyl (C=O) groups excluding carboxylic acids is 1. The summed E-state index contributed by atoms with van der Waals surface area (Å²) in [7, 11) is 0. The van der Waals surface area contributed by atoms with Crippen LogP contribution in [0.3, 0.4) is 0 Å². The molecule has 0 fully saturated rings. The molecule has 5 nitrogen and oxygen atoms in total. The van der Waals surface area contributed by atoms with Crippen molar-refractivity contribution in [3.63, 3.8) is 0 Å². The quantitative estimate of drug-likeness (QED) is 0.936. The molecule has 1 unspecified atom stereocenters. The fraction of sp³-hybridized carbons (Fsp3) is 0.421. The summed E-state index contributed by atoms with van der Waals surface area (Å²) in [6, 6.07) is 9.96. The SMILES string of the molecule is Cc1nc(NCC(C)C)cc(C(=O)N2c3ccccc3CC2C)n1. The Kier molecular flexibility index (Phi) is 4.51. The highest BCUT2D eigenvalue weighted by Gasteiger charge is 2.32. The van der Waals surface area contributed by atoms with E-state index in [-0.39, 0.29) is 11.9 Å². The third kappa shape index (κ3) is 3.25. The summed E-state index contributed by atoms with van der Waals surface area (Å²) in [6.07, 6.45) is 0.879. The fourth-order valence-corrected chi connectivity index (χ4v) is 3.07. The molecule has 1 amide bonds. The number of rotatable bonds is 4. The van der Waals surface area contributed by atoms with E-state index in [9.17, 15) is 4.79 Å². The van der Waals surface area contributed by atoms with Crippen LogP contribution in [0.5, 0.6) is 0 Å². The summed E-state index contributed by atoms with van der Waals surface area (Å²) in [6.45, 7) is 8.97. The van der Waals surface area contributed by atoms with Gasteiger partial charge < -0.3 is 10.2 Å². The lowest BCUT2D eigenvalue weighted by molar-refractivity contribution is 0.0976. The first-order valence-corrected chi connectivity index (χ1v) is 8.46. The van der Waals surface area contributed by atoms with Crippen molar-refractivity contribution < 1.29 is 4.79 Å². The average molecular weight is 324 g/mol. The third-order valence-electron chi connectivity index (χ3n) is 4.17. The lowest BCUT2D eigenvalue weighted by Crippen LogP contribution is -2.36. The van der Waals surface area contributed by atoms with Crippen molar-refractivity contribution in [1.29, 1.82) is 0 Å². The van der Waals surface area contributed by atoms with Crippen LogP contribution in [0.4, 0.5) is 11.5 Å². The third-order valence-corrected chi connectivity index (χ3v) is 4.17. The standard InChI is InChI=1S/C19H24N4O/c1-12(2)11-20-18-10-16(21-14(4)22-18)19(24)23-13(3)9-15-7-5-6-8-17(15)23/h5-8,10,12-13H,9,11H2,1-4H3,(H,20,21,22). The van der Waals surface area contributed by atoms with Crippen molar-refractivity contribution in [2.75, 3.05) is 16.8 Å². The number of nitrogens with one attached hydrogen (secondary N) is 1. The molecule has 0 saturated carbocycles. The first-order valence-electron chi connectivity index (χ1n) is 8.46. The second-order valence-corrected chi connectivity index (χ2v) is 6.82. The number of hydrogen-bond acceptors (Lipinski definition) is 4. The predicted molar refractivity (Wildman–Crippen MR) is 96.5 cm³/mol. The molecule has 0 bridgehead atoms. The molecule has 24 heavy (non-hydrogen) atoms. The van der Waals surface area contributed by atoms with E-state index in [0.717, 1.165) is 18.7 Å². The van der Waals surface area contributed by atoms with Gasteiger partial charge in [-0.25, -0.2) is 9.97 Å². The van der Waals surface area contributed by atoms with Gasteiger partial charge in [-0.3, -0.25) is 4.79 Å². The molecular weight excluding hydrogens is 300 g/mol. The van der Waals surface area contributed by atoms with E-state index in [1.165, 1.54) is 5.56 Å². The zero-order valence-electron chi connectivity index (χ0n) is 14.7. The fourth-order valence-electron chi connectivity index (χ4n) is 3.07. The minimum atomic E-state index is -0.0643. The number of benzene rings is 1. The van der Waals surface area contributed by atoms with Crippen LogP contribution in [0.2, 0.25) is 0 Å². The number of nitrogens with zero attached hydrogens (tertiary/aromatic N) is 3. The van der Waals surface area contributed by atoms with Crippen LogP contribution in [0, 0.1) is 12.8 Å². The number of aryl methyl sites for hydroxylation is 1. The van der Waals surface area contributed by atoms with E-state index in [1.54, 1.807) is 6.07 Å². The molecule has 1 aromatic carbocycles. The zero-order chi connectivity index (χ0) is 17.3. The topological polar surface area (TPSA) is 58.1 Å². The molecule has 126 valence electrons. The van der Waals surface area contributed by atoms with Crippen LogP contribution in [-0.4, -0.2) is 28.5 Å². The molecule has 0 radical (unpaired) electrons.